The summed E-state index contributed by atoms with van der Waals surface area (Å²) in [5.41, 5.74) is 4.30. The van der Waals surface area contributed by atoms with Crippen LogP contribution in [0.15, 0.2) is 54.6 Å². The predicted molar refractivity (Wildman–Crippen MR) is 82.2 cm³/mol. The van der Waals surface area contributed by atoms with Crippen molar-refractivity contribution in [2.24, 2.45) is 0 Å². The molecule has 90 valence electrons. The van der Waals surface area contributed by atoms with Crippen molar-refractivity contribution < 1.29 is 0 Å². The summed E-state index contributed by atoms with van der Waals surface area (Å²) in [4.78, 5) is 0. The first-order valence-electron chi connectivity index (χ1n) is 6.31. The molecule has 1 aliphatic rings. The molecule has 1 atom stereocenters. The van der Waals surface area contributed by atoms with Crippen molar-refractivity contribution >= 4 is 19.3 Å². The zero-order valence-electron chi connectivity index (χ0n) is 10.8. The first-order valence-corrected chi connectivity index (χ1v) is 8.54. The SMILES string of the molecule is CP(C)c1ccccc1C1C=Cc2ccccc21. The summed E-state index contributed by atoms with van der Waals surface area (Å²) < 4.78 is 0. The summed E-state index contributed by atoms with van der Waals surface area (Å²) in [7, 11) is -0.0556. The molecule has 0 spiro atoms. The fraction of sp³-hybridized carbons (Fsp3) is 0.176. The van der Waals surface area contributed by atoms with E-state index < -0.39 is 0 Å². The highest BCUT2D eigenvalue weighted by Crippen LogP contribution is 2.37. The molecule has 0 N–H and O–H groups in total. The molecular formula is C17H17P. The Hall–Kier alpha value is -1.39. The summed E-state index contributed by atoms with van der Waals surface area (Å²) in [5.74, 6) is 0.447. The Morgan fingerprint density at radius 1 is 0.833 bits per heavy atom. The molecule has 0 saturated heterocycles. The lowest BCUT2D eigenvalue weighted by molar-refractivity contribution is 1.06. The van der Waals surface area contributed by atoms with Crippen LogP contribution in [0.4, 0.5) is 0 Å². The molecule has 0 saturated carbocycles. The quantitative estimate of drug-likeness (QED) is 0.702. The maximum absolute atomic E-state index is 2.34. The van der Waals surface area contributed by atoms with Gasteiger partial charge in [-0.05, 0) is 35.3 Å². The van der Waals surface area contributed by atoms with Gasteiger partial charge in [-0.1, -0.05) is 68.6 Å². The standard InChI is InChI=1S/C17H17P/c1-18(2)17-10-6-5-9-16(17)15-12-11-13-7-3-4-8-14(13)15/h3-12,15H,1-2H3. The highest BCUT2D eigenvalue weighted by atomic mass is 31.1. The van der Waals surface area contributed by atoms with Gasteiger partial charge >= 0.3 is 0 Å². The van der Waals surface area contributed by atoms with E-state index in [9.17, 15) is 0 Å². The first kappa shape index (κ1) is 11.7. The number of hydrogen-bond acceptors (Lipinski definition) is 0. The summed E-state index contributed by atoms with van der Waals surface area (Å²) >= 11 is 0. The minimum Gasteiger partial charge on any atom is -0.0814 e. The summed E-state index contributed by atoms with van der Waals surface area (Å²) in [6, 6.07) is 17.6. The van der Waals surface area contributed by atoms with Gasteiger partial charge in [-0.2, -0.15) is 0 Å². The molecule has 1 heteroatoms. The summed E-state index contributed by atoms with van der Waals surface area (Å²) in [6.07, 6.45) is 4.59. The van der Waals surface area contributed by atoms with Crippen molar-refractivity contribution in [2.45, 2.75) is 5.92 Å². The number of fused-ring (bicyclic) bond motifs is 1. The second-order valence-electron chi connectivity index (χ2n) is 4.92. The van der Waals surface area contributed by atoms with E-state index in [2.05, 4.69) is 74.0 Å². The van der Waals surface area contributed by atoms with Crippen LogP contribution in [0.1, 0.15) is 22.6 Å². The Labute approximate surface area is 110 Å². The Balaban J connectivity index is 2.11. The third kappa shape index (κ3) is 1.91. The first-order chi connectivity index (χ1) is 8.77. The minimum atomic E-state index is -0.0556. The van der Waals surface area contributed by atoms with Crippen molar-refractivity contribution in [3.8, 4) is 0 Å². The Morgan fingerprint density at radius 3 is 2.28 bits per heavy atom. The topological polar surface area (TPSA) is 0 Å². The lowest BCUT2D eigenvalue weighted by Crippen LogP contribution is -2.11. The molecule has 0 radical (unpaired) electrons. The highest BCUT2D eigenvalue weighted by molar-refractivity contribution is 7.64. The van der Waals surface area contributed by atoms with Crippen LogP contribution in [-0.4, -0.2) is 13.3 Å². The Morgan fingerprint density at radius 2 is 1.50 bits per heavy atom. The lowest BCUT2D eigenvalue weighted by atomic mass is 9.93. The van der Waals surface area contributed by atoms with Gasteiger partial charge in [-0.25, -0.2) is 0 Å². The zero-order chi connectivity index (χ0) is 12.5. The average Bonchev–Trinajstić information content (AvgIpc) is 2.82. The van der Waals surface area contributed by atoms with Crippen LogP contribution in [0, 0.1) is 0 Å². The van der Waals surface area contributed by atoms with Crippen LogP contribution in [0.3, 0.4) is 0 Å². The van der Waals surface area contributed by atoms with Gasteiger partial charge in [0.1, 0.15) is 0 Å². The smallest absolute Gasteiger partial charge is 0.0285 e. The van der Waals surface area contributed by atoms with E-state index in [1.54, 1.807) is 0 Å². The Kier molecular flexibility index (Phi) is 3.06. The predicted octanol–water partition coefficient (Wildman–Crippen LogP) is 4.21. The minimum absolute atomic E-state index is 0.0556. The maximum atomic E-state index is 2.34. The lowest BCUT2D eigenvalue weighted by Gasteiger charge is -2.18. The van der Waals surface area contributed by atoms with Gasteiger partial charge < -0.3 is 0 Å². The van der Waals surface area contributed by atoms with Crippen LogP contribution < -0.4 is 5.30 Å². The molecule has 3 rings (SSSR count). The molecule has 0 amide bonds. The van der Waals surface area contributed by atoms with E-state index in [0.29, 0.717) is 5.92 Å². The zero-order valence-corrected chi connectivity index (χ0v) is 11.7. The van der Waals surface area contributed by atoms with Crippen LogP contribution in [-0.2, 0) is 0 Å². The second-order valence-corrected chi connectivity index (χ2v) is 7.19. The van der Waals surface area contributed by atoms with Crippen LogP contribution in [0.2, 0.25) is 0 Å². The third-order valence-electron chi connectivity index (χ3n) is 3.55. The molecule has 0 aliphatic heterocycles. The molecule has 1 unspecified atom stereocenters. The number of rotatable bonds is 2. The number of benzene rings is 2. The maximum Gasteiger partial charge on any atom is 0.0285 e. The van der Waals surface area contributed by atoms with Gasteiger partial charge in [-0.3, -0.25) is 0 Å². The van der Waals surface area contributed by atoms with E-state index in [0.717, 1.165) is 0 Å². The van der Waals surface area contributed by atoms with E-state index in [-0.39, 0.29) is 7.92 Å². The van der Waals surface area contributed by atoms with Crippen LogP contribution in [0.5, 0.6) is 0 Å². The van der Waals surface area contributed by atoms with Crippen LogP contribution in [0.25, 0.3) is 6.08 Å². The van der Waals surface area contributed by atoms with E-state index in [1.165, 1.54) is 22.0 Å². The van der Waals surface area contributed by atoms with Crippen molar-refractivity contribution in [1.82, 2.24) is 0 Å². The third-order valence-corrected chi connectivity index (χ3v) is 4.92. The van der Waals surface area contributed by atoms with Gasteiger partial charge in [0.2, 0.25) is 0 Å². The molecule has 0 fully saturated rings. The van der Waals surface area contributed by atoms with E-state index in [1.807, 2.05) is 0 Å². The highest BCUT2D eigenvalue weighted by Gasteiger charge is 2.21. The van der Waals surface area contributed by atoms with Crippen molar-refractivity contribution in [3.63, 3.8) is 0 Å². The molecule has 0 bridgehead atoms. The monoisotopic (exact) mass is 252 g/mol. The normalized spacial score (nSPS) is 17.2. The van der Waals surface area contributed by atoms with E-state index >= 15 is 0 Å². The molecule has 1 aliphatic carbocycles. The molecular weight excluding hydrogens is 235 g/mol. The van der Waals surface area contributed by atoms with Gasteiger partial charge in [0, 0.05) is 5.92 Å². The van der Waals surface area contributed by atoms with Gasteiger partial charge in [-0.15, -0.1) is 0 Å². The van der Waals surface area contributed by atoms with Gasteiger partial charge in [0.15, 0.2) is 0 Å². The largest absolute Gasteiger partial charge is 0.0814 e. The Bertz CT molecular complexity index is 596. The average molecular weight is 252 g/mol. The molecule has 0 heterocycles. The van der Waals surface area contributed by atoms with Crippen molar-refractivity contribution in [2.75, 3.05) is 13.3 Å². The molecule has 18 heavy (non-hydrogen) atoms. The summed E-state index contributed by atoms with van der Waals surface area (Å²) in [6.45, 7) is 4.66. The fourth-order valence-corrected chi connectivity index (χ4v) is 3.79. The van der Waals surface area contributed by atoms with E-state index in [4.69, 9.17) is 0 Å². The number of hydrogen-bond donors (Lipinski definition) is 0. The number of allylic oxidation sites excluding steroid dienone is 1. The second kappa shape index (κ2) is 4.71. The van der Waals surface area contributed by atoms with Crippen molar-refractivity contribution in [1.29, 1.82) is 0 Å². The molecule has 2 aromatic carbocycles. The van der Waals surface area contributed by atoms with Crippen LogP contribution >= 0.6 is 7.92 Å². The van der Waals surface area contributed by atoms with Gasteiger partial charge in [0.05, 0.1) is 0 Å². The summed E-state index contributed by atoms with van der Waals surface area (Å²) in [5, 5.41) is 1.53. The molecule has 2 aromatic rings. The van der Waals surface area contributed by atoms with Crippen molar-refractivity contribution in [3.05, 3.63) is 71.3 Å². The molecule has 0 aromatic heterocycles. The fourth-order valence-electron chi connectivity index (χ4n) is 2.68. The molecule has 0 nitrogen and oxygen atoms in total. The van der Waals surface area contributed by atoms with Gasteiger partial charge in [0.25, 0.3) is 0 Å².